The lowest BCUT2D eigenvalue weighted by molar-refractivity contribution is -0.152. The van der Waals surface area contributed by atoms with E-state index in [4.69, 9.17) is 4.74 Å². The van der Waals surface area contributed by atoms with E-state index in [9.17, 15) is 18.4 Å². The number of alkyl halides is 2. The van der Waals surface area contributed by atoms with Crippen molar-refractivity contribution in [1.29, 1.82) is 0 Å². The lowest BCUT2D eigenvalue weighted by Gasteiger charge is -2.35. The summed E-state index contributed by atoms with van der Waals surface area (Å²) in [5, 5.41) is 0. The molecule has 2 atom stereocenters. The molecule has 0 aromatic heterocycles. The minimum Gasteiger partial charge on any atom is -0.466 e. The molecule has 1 amide bonds. The third-order valence-corrected chi connectivity index (χ3v) is 4.93. The number of esters is 1. The monoisotopic (exact) mass is 398 g/mol. The maximum atomic E-state index is 12.9. The van der Waals surface area contributed by atoms with Crippen LogP contribution in [0.3, 0.4) is 0 Å². The number of rotatable bonds is 8. The van der Waals surface area contributed by atoms with Gasteiger partial charge in [-0.3, -0.25) is 14.5 Å². The molecule has 1 fully saturated rings. The Hall–Kier alpha value is -2.22. The summed E-state index contributed by atoms with van der Waals surface area (Å²) in [5.74, 6) is -0.500. The highest BCUT2D eigenvalue weighted by Crippen LogP contribution is 2.21. The molecule has 0 N–H and O–H groups in total. The average Bonchev–Trinajstić information content (AvgIpc) is 2.66. The molecule has 8 heteroatoms. The number of halogens is 2. The third kappa shape index (κ3) is 6.15. The SMILES string of the molecule is CCOC(=O)C1CCCN(C(=O)C(C)N(C)Cc2cccc(OC(F)F)c2)C1. The van der Waals surface area contributed by atoms with Crippen LogP contribution in [0.4, 0.5) is 8.78 Å². The van der Waals surface area contributed by atoms with E-state index >= 15 is 0 Å². The molecule has 1 heterocycles. The molecule has 1 saturated heterocycles. The summed E-state index contributed by atoms with van der Waals surface area (Å²) >= 11 is 0. The number of ether oxygens (including phenoxy) is 2. The van der Waals surface area contributed by atoms with E-state index in [0.717, 1.165) is 18.4 Å². The van der Waals surface area contributed by atoms with Crippen LogP contribution in [0.5, 0.6) is 5.75 Å². The molecule has 1 aliphatic heterocycles. The Bertz CT molecular complexity index is 671. The van der Waals surface area contributed by atoms with Crippen LogP contribution >= 0.6 is 0 Å². The third-order valence-electron chi connectivity index (χ3n) is 4.93. The standard InChI is InChI=1S/C20H28F2N2O4/c1-4-27-19(26)16-8-6-10-24(13-16)18(25)14(2)23(3)12-15-7-5-9-17(11-15)28-20(21)22/h5,7,9,11,14,16,20H,4,6,8,10,12-13H2,1-3H3. The highest BCUT2D eigenvalue weighted by Gasteiger charge is 2.32. The van der Waals surface area contributed by atoms with Gasteiger partial charge in [0.1, 0.15) is 5.75 Å². The van der Waals surface area contributed by atoms with Gasteiger partial charge in [0.05, 0.1) is 18.6 Å². The Kier molecular flexibility index (Phi) is 8.17. The second-order valence-electron chi connectivity index (χ2n) is 6.99. The molecule has 0 radical (unpaired) electrons. The first-order valence-electron chi connectivity index (χ1n) is 9.51. The van der Waals surface area contributed by atoms with Crippen molar-refractivity contribution >= 4 is 11.9 Å². The minimum absolute atomic E-state index is 0.0588. The van der Waals surface area contributed by atoms with Gasteiger partial charge < -0.3 is 14.4 Å². The Morgan fingerprint density at radius 1 is 1.36 bits per heavy atom. The summed E-state index contributed by atoms with van der Waals surface area (Å²) < 4.78 is 34.3. The molecule has 2 unspecified atom stereocenters. The van der Waals surface area contributed by atoms with Gasteiger partial charge in [-0.25, -0.2) is 0 Å². The van der Waals surface area contributed by atoms with Gasteiger partial charge in [0.2, 0.25) is 5.91 Å². The van der Waals surface area contributed by atoms with Crippen LogP contribution in [0.2, 0.25) is 0 Å². The zero-order chi connectivity index (χ0) is 20.7. The number of piperidine rings is 1. The number of likely N-dealkylation sites (tertiary alicyclic amines) is 1. The predicted molar refractivity (Wildman–Crippen MR) is 99.9 cm³/mol. The van der Waals surface area contributed by atoms with Crippen molar-refractivity contribution in [2.24, 2.45) is 5.92 Å². The lowest BCUT2D eigenvalue weighted by Crippen LogP contribution is -2.50. The smallest absolute Gasteiger partial charge is 0.387 e. The van der Waals surface area contributed by atoms with E-state index in [1.807, 2.05) is 4.90 Å². The van der Waals surface area contributed by atoms with Crippen molar-refractivity contribution in [2.75, 3.05) is 26.7 Å². The zero-order valence-electron chi connectivity index (χ0n) is 16.6. The molecule has 1 aromatic rings. The fourth-order valence-electron chi connectivity index (χ4n) is 3.33. The van der Waals surface area contributed by atoms with Crippen molar-refractivity contribution in [3.8, 4) is 5.75 Å². The zero-order valence-corrected chi connectivity index (χ0v) is 16.6. The molecule has 28 heavy (non-hydrogen) atoms. The molecule has 6 nitrogen and oxygen atoms in total. The first kappa shape index (κ1) is 22.1. The van der Waals surface area contributed by atoms with Crippen molar-refractivity contribution < 1.29 is 27.8 Å². The molecule has 0 saturated carbocycles. The van der Waals surface area contributed by atoms with Crippen molar-refractivity contribution in [3.63, 3.8) is 0 Å². The van der Waals surface area contributed by atoms with Crippen LogP contribution in [0.25, 0.3) is 0 Å². The van der Waals surface area contributed by atoms with Gasteiger partial charge in [-0.05, 0) is 51.4 Å². The number of nitrogens with zero attached hydrogens (tertiary/aromatic N) is 2. The number of likely N-dealkylation sites (N-methyl/N-ethyl adjacent to an activating group) is 1. The average molecular weight is 398 g/mol. The predicted octanol–water partition coefficient (Wildman–Crippen LogP) is 2.91. The molecule has 2 rings (SSSR count). The van der Waals surface area contributed by atoms with Crippen LogP contribution in [-0.2, 0) is 20.9 Å². The maximum absolute atomic E-state index is 12.9. The van der Waals surface area contributed by atoms with Crippen LogP contribution < -0.4 is 4.74 Å². The van der Waals surface area contributed by atoms with E-state index < -0.39 is 12.7 Å². The molecular formula is C20H28F2N2O4. The first-order chi connectivity index (χ1) is 13.3. The van der Waals surface area contributed by atoms with Gasteiger partial charge in [-0.15, -0.1) is 0 Å². The lowest BCUT2D eigenvalue weighted by atomic mass is 9.97. The quantitative estimate of drug-likeness (QED) is 0.630. The van der Waals surface area contributed by atoms with Crippen molar-refractivity contribution in [1.82, 2.24) is 9.80 Å². The minimum atomic E-state index is -2.88. The van der Waals surface area contributed by atoms with Gasteiger partial charge in [0.25, 0.3) is 0 Å². The fourth-order valence-corrected chi connectivity index (χ4v) is 3.33. The summed E-state index contributed by atoms with van der Waals surface area (Å²) in [7, 11) is 1.80. The van der Waals surface area contributed by atoms with E-state index in [-0.39, 0.29) is 23.5 Å². The fraction of sp³-hybridized carbons (Fsp3) is 0.600. The van der Waals surface area contributed by atoms with Crippen molar-refractivity contribution in [3.05, 3.63) is 29.8 Å². The normalized spacial score (nSPS) is 18.2. The van der Waals surface area contributed by atoms with Crippen LogP contribution in [-0.4, -0.2) is 61.1 Å². The highest BCUT2D eigenvalue weighted by atomic mass is 19.3. The highest BCUT2D eigenvalue weighted by molar-refractivity contribution is 5.82. The molecule has 156 valence electrons. The second-order valence-corrected chi connectivity index (χ2v) is 6.99. The Balaban J connectivity index is 1.95. The Morgan fingerprint density at radius 3 is 2.79 bits per heavy atom. The van der Waals surface area contributed by atoms with Crippen LogP contribution in [0.1, 0.15) is 32.3 Å². The van der Waals surface area contributed by atoms with E-state index in [1.165, 1.54) is 12.1 Å². The largest absolute Gasteiger partial charge is 0.466 e. The number of amides is 1. The van der Waals surface area contributed by atoms with Crippen LogP contribution in [0, 0.1) is 5.92 Å². The summed E-state index contributed by atoms with van der Waals surface area (Å²) in [6.45, 7) is 2.41. The van der Waals surface area contributed by atoms with E-state index in [0.29, 0.717) is 26.2 Å². The Labute approximate surface area is 164 Å². The van der Waals surface area contributed by atoms with Gasteiger partial charge in [0, 0.05) is 19.6 Å². The molecule has 0 spiro atoms. The van der Waals surface area contributed by atoms with Gasteiger partial charge in [-0.1, -0.05) is 12.1 Å². The van der Waals surface area contributed by atoms with Gasteiger partial charge in [0.15, 0.2) is 0 Å². The number of carbonyl (C=O) groups excluding carboxylic acids is 2. The molecular weight excluding hydrogens is 370 g/mol. The Morgan fingerprint density at radius 2 is 2.11 bits per heavy atom. The number of hydrogen-bond acceptors (Lipinski definition) is 5. The summed E-state index contributed by atoms with van der Waals surface area (Å²) in [6, 6.07) is 6.03. The number of hydrogen-bond donors (Lipinski definition) is 0. The number of carbonyl (C=O) groups is 2. The van der Waals surface area contributed by atoms with E-state index in [2.05, 4.69) is 4.74 Å². The van der Waals surface area contributed by atoms with Crippen molar-refractivity contribution in [2.45, 2.75) is 45.9 Å². The van der Waals surface area contributed by atoms with Crippen LogP contribution in [0.15, 0.2) is 24.3 Å². The second kappa shape index (κ2) is 10.4. The molecule has 0 aliphatic carbocycles. The summed E-state index contributed by atoms with van der Waals surface area (Å²) in [6.07, 6.45) is 1.49. The summed E-state index contributed by atoms with van der Waals surface area (Å²) in [5.41, 5.74) is 0.767. The van der Waals surface area contributed by atoms with Gasteiger partial charge >= 0.3 is 12.6 Å². The summed E-state index contributed by atoms with van der Waals surface area (Å²) in [4.78, 5) is 28.4. The number of benzene rings is 1. The first-order valence-corrected chi connectivity index (χ1v) is 9.51. The van der Waals surface area contributed by atoms with Gasteiger partial charge in [-0.2, -0.15) is 8.78 Å². The molecule has 0 bridgehead atoms. The molecule has 1 aliphatic rings. The molecule has 1 aromatic carbocycles. The topological polar surface area (TPSA) is 59.1 Å². The van der Waals surface area contributed by atoms with E-state index in [1.54, 1.807) is 37.9 Å². The maximum Gasteiger partial charge on any atom is 0.387 e.